The summed E-state index contributed by atoms with van der Waals surface area (Å²) in [5.74, 6) is 0. The number of hydroxylamine groups is 4. The monoisotopic (exact) mass is 293 g/mol. The van der Waals surface area contributed by atoms with Gasteiger partial charge in [0.15, 0.2) is 6.17 Å². The summed E-state index contributed by atoms with van der Waals surface area (Å²) in [6, 6.07) is 7.80. The van der Waals surface area contributed by atoms with Gasteiger partial charge in [-0.15, -0.1) is 5.21 Å². The molecule has 0 bridgehead atoms. The van der Waals surface area contributed by atoms with Gasteiger partial charge >= 0.3 is 0 Å². The van der Waals surface area contributed by atoms with Crippen molar-refractivity contribution in [1.29, 1.82) is 0 Å². The maximum Gasteiger partial charge on any atom is 0.196 e. The van der Waals surface area contributed by atoms with Crippen LogP contribution in [0.2, 0.25) is 0 Å². The molecule has 0 aromatic heterocycles. The lowest BCUT2D eigenvalue weighted by Gasteiger charge is -2.39. The number of benzene rings is 1. The van der Waals surface area contributed by atoms with E-state index in [0.717, 1.165) is 16.3 Å². The molecule has 2 unspecified atom stereocenters. The second kappa shape index (κ2) is 4.76. The Kier molecular flexibility index (Phi) is 3.72. The summed E-state index contributed by atoms with van der Waals surface area (Å²) < 4.78 is 0.705. The molecule has 5 heteroatoms. The van der Waals surface area contributed by atoms with Crippen LogP contribution in [0.4, 0.5) is 5.69 Å². The number of rotatable bonds is 2. The van der Waals surface area contributed by atoms with Gasteiger partial charge in [-0.1, -0.05) is 5.06 Å². The van der Waals surface area contributed by atoms with Gasteiger partial charge in [-0.25, -0.2) is 0 Å². The molecule has 1 aliphatic heterocycles. The molecule has 0 aliphatic carbocycles. The lowest BCUT2D eigenvalue weighted by Crippen LogP contribution is -3.14. The Morgan fingerprint density at radius 1 is 1.10 bits per heavy atom. The number of nitrogens with one attached hydrogen (secondary N) is 1. The van der Waals surface area contributed by atoms with E-state index in [4.69, 9.17) is 0 Å². The summed E-state index contributed by atoms with van der Waals surface area (Å²) >= 11 is 0. The number of quaternary nitrogens is 2. The number of hydrogen-bond donors (Lipinski definition) is 1. The molecular formula is C16H27N3O2+. The quantitative estimate of drug-likeness (QED) is 0.663. The van der Waals surface area contributed by atoms with Crippen molar-refractivity contribution >= 4 is 5.69 Å². The molecule has 0 amide bonds. The zero-order chi connectivity index (χ0) is 16.2. The summed E-state index contributed by atoms with van der Waals surface area (Å²) in [5, 5.41) is 26.3. The van der Waals surface area contributed by atoms with Gasteiger partial charge in [0.2, 0.25) is 0 Å². The van der Waals surface area contributed by atoms with E-state index >= 15 is 0 Å². The van der Waals surface area contributed by atoms with E-state index in [0.29, 0.717) is 4.48 Å². The van der Waals surface area contributed by atoms with Crippen LogP contribution in [0.1, 0.15) is 39.4 Å². The molecule has 1 aromatic carbocycles. The average molecular weight is 293 g/mol. The van der Waals surface area contributed by atoms with E-state index in [9.17, 15) is 10.4 Å². The zero-order valence-corrected chi connectivity index (χ0v) is 14.1. The highest BCUT2D eigenvalue weighted by Gasteiger charge is 2.60. The van der Waals surface area contributed by atoms with Crippen LogP contribution in [-0.4, -0.2) is 37.3 Å². The summed E-state index contributed by atoms with van der Waals surface area (Å²) in [5.41, 5.74) is 0.567. The van der Waals surface area contributed by atoms with Crippen molar-refractivity contribution in [2.75, 3.05) is 21.1 Å². The minimum atomic E-state index is -0.701. The minimum absolute atomic E-state index is 0.000462. The molecule has 1 N–H and O–H groups in total. The van der Waals surface area contributed by atoms with E-state index in [1.54, 1.807) is 0 Å². The average Bonchev–Trinajstić information content (AvgIpc) is 2.48. The third kappa shape index (κ3) is 2.39. The smallest absolute Gasteiger partial charge is 0.196 e. The van der Waals surface area contributed by atoms with E-state index in [1.165, 1.54) is 0 Å². The Balaban J connectivity index is 2.39. The summed E-state index contributed by atoms with van der Waals surface area (Å²) in [6.45, 7) is 7.41. The van der Waals surface area contributed by atoms with Crippen molar-refractivity contribution in [3.05, 3.63) is 35.0 Å². The Morgan fingerprint density at radius 3 is 1.90 bits per heavy atom. The predicted octanol–water partition coefficient (Wildman–Crippen LogP) is 1.48. The van der Waals surface area contributed by atoms with Crippen molar-refractivity contribution in [1.82, 2.24) is 9.55 Å². The third-order valence-electron chi connectivity index (χ3n) is 5.16. The maximum absolute atomic E-state index is 12.7. The van der Waals surface area contributed by atoms with Crippen LogP contribution < -0.4 is 9.55 Å². The molecule has 1 radical (unpaired) electrons. The molecule has 5 nitrogen and oxygen atoms in total. The van der Waals surface area contributed by atoms with Gasteiger partial charge in [0.05, 0.1) is 21.1 Å². The lowest BCUT2D eigenvalue weighted by atomic mass is 9.84. The van der Waals surface area contributed by atoms with Gasteiger partial charge in [-0.05, 0) is 52.0 Å². The molecule has 117 valence electrons. The highest BCUT2D eigenvalue weighted by molar-refractivity contribution is 5.43. The number of hydrogen-bond acceptors (Lipinski definition) is 2. The SMILES string of the molecule is CC1(C)N([O])C(c2ccc([N+](C)(C)C)cc2)[NH+]([O-])C1(C)C. The van der Waals surface area contributed by atoms with Gasteiger partial charge in [0.1, 0.15) is 16.8 Å². The predicted molar refractivity (Wildman–Crippen MR) is 83.8 cm³/mol. The molecule has 21 heavy (non-hydrogen) atoms. The molecule has 2 atom stereocenters. The molecule has 1 aromatic rings. The third-order valence-corrected chi connectivity index (χ3v) is 5.16. The van der Waals surface area contributed by atoms with Crippen molar-refractivity contribution in [3.8, 4) is 0 Å². The highest BCUT2D eigenvalue weighted by atomic mass is 16.6. The van der Waals surface area contributed by atoms with Gasteiger partial charge in [0.25, 0.3) is 0 Å². The highest BCUT2D eigenvalue weighted by Crippen LogP contribution is 2.37. The van der Waals surface area contributed by atoms with Crippen LogP contribution in [0, 0.1) is 5.21 Å². The van der Waals surface area contributed by atoms with Crippen LogP contribution in [-0.2, 0) is 5.21 Å². The minimum Gasteiger partial charge on any atom is -0.632 e. The molecule has 1 aliphatic rings. The molecule has 1 heterocycles. The Bertz CT molecular complexity index is 497. The largest absolute Gasteiger partial charge is 0.632 e. The normalized spacial score (nSPS) is 28.8. The zero-order valence-electron chi connectivity index (χ0n) is 14.1. The standard InChI is InChI=1S/C16H27N3O2/c1-15(2)16(3,4)18(21)14(17(15)20)12-8-10-13(11-9-12)19(5,6)7/h8-11,14,17H,1-7H3/q+1. The van der Waals surface area contributed by atoms with Crippen molar-refractivity contribution in [2.24, 2.45) is 0 Å². The Hall–Kier alpha value is -0.980. The second-order valence-corrected chi connectivity index (χ2v) is 7.88. The molecule has 2 rings (SSSR count). The fraction of sp³-hybridized carbons (Fsp3) is 0.625. The van der Waals surface area contributed by atoms with Crippen molar-refractivity contribution < 1.29 is 10.3 Å². The Morgan fingerprint density at radius 2 is 1.57 bits per heavy atom. The first-order valence-electron chi connectivity index (χ1n) is 7.33. The molecule has 1 fully saturated rings. The molecule has 1 saturated heterocycles. The van der Waals surface area contributed by atoms with Gasteiger partial charge in [-0.3, -0.25) is 4.48 Å². The first-order valence-corrected chi connectivity index (χ1v) is 7.33. The maximum atomic E-state index is 12.7. The topological polar surface area (TPSA) is 50.6 Å². The van der Waals surface area contributed by atoms with E-state index < -0.39 is 17.2 Å². The summed E-state index contributed by atoms with van der Waals surface area (Å²) in [4.78, 5) is 0. The fourth-order valence-corrected chi connectivity index (χ4v) is 2.74. The van der Waals surface area contributed by atoms with E-state index in [2.05, 4.69) is 21.1 Å². The molecule has 0 spiro atoms. The summed E-state index contributed by atoms with van der Waals surface area (Å²) in [6.07, 6.45) is -0.698. The van der Waals surface area contributed by atoms with Crippen LogP contribution in [0.5, 0.6) is 0 Å². The van der Waals surface area contributed by atoms with Crippen molar-refractivity contribution in [3.63, 3.8) is 0 Å². The molecule has 0 saturated carbocycles. The Labute approximate surface area is 127 Å². The van der Waals surface area contributed by atoms with Crippen LogP contribution in [0.25, 0.3) is 0 Å². The number of nitrogens with zero attached hydrogens (tertiary/aromatic N) is 2. The van der Waals surface area contributed by atoms with Gasteiger partial charge in [0, 0.05) is 5.56 Å². The summed E-state index contributed by atoms with van der Waals surface area (Å²) in [7, 11) is 6.26. The lowest BCUT2D eigenvalue weighted by molar-refractivity contribution is -0.926. The van der Waals surface area contributed by atoms with Crippen molar-refractivity contribution in [2.45, 2.75) is 44.9 Å². The van der Waals surface area contributed by atoms with Crippen LogP contribution >= 0.6 is 0 Å². The van der Waals surface area contributed by atoms with Crippen LogP contribution in [0.15, 0.2) is 24.3 Å². The fourth-order valence-electron chi connectivity index (χ4n) is 2.74. The second-order valence-electron chi connectivity index (χ2n) is 7.88. The van der Waals surface area contributed by atoms with Crippen LogP contribution in [0.3, 0.4) is 0 Å². The van der Waals surface area contributed by atoms with E-state index in [1.807, 2.05) is 52.0 Å². The molecular weight excluding hydrogens is 266 g/mol. The van der Waals surface area contributed by atoms with E-state index in [-0.39, 0.29) is 5.06 Å². The van der Waals surface area contributed by atoms with Gasteiger partial charge < -0.3 is 10.3 Å². The van der Waals surface area contributed by atoms with Gasteiger partial charge in [-0.2, -0.15) is 0 Å². The first kappa shape index (κ1) is 16.4. The first-order chi connectivity index (χ1) is 9.40.